The van der Waals surface area contributed by atoms with Gasteiger partial charge in [-0.1, -0.05) is 97.2 Å². The molecule has 0 N–H and O–H groups in total. The Morgan fingerprint density at radius 1 is 0.579 bits per heavy atom. The topological polar surface area (TPSA) is 0 Å². The zero-order chi connectivity index (χ0) is 13.9. The van der Waals surface area contributed by atoms with E-state index in [-0.39, 0.29) is 18.8 Å². The lowest BCUT2D eigenvalue weighted by atomic mass is 10.4. The first-order chi connectivity index (χ1) is 8.92. The third-order valence-electron chi connectivity index (χ3n) is 3.99. The van der Waals surface area contributed by atoms with Gasteiger partial charge in [0.05, 0.1) is 0 Å². The molecule has 0 heterocycles. The van der Waals surface area contributed by atoms with Crippen LogP contribution in [0.2, 0.25) is 26.2 Å². The van der Waals surface area contributed by atoms with Gasteiger partial charge in [-0.05, 0) is 11.4 Å². The second-order valence-electron chi connectivity index (χ2n) is 6.68. The Hall–Kier alpha value is -0.360. The van der Waals surface area contributed by atoms with E-state index in [1.165, 1.54) is 0 Å². The highest BCUT2D eigenvalue weighted by Crippen LogP contribution is 2.10. The first kappa shape index (κ1) is 15.0. The molecule has 0 amide bonds. The van der Waals surface area contributed by atoms with Crippen molar-refractivity contribution in [2.45, 2.75) is 26.2 Å². The fourth-order valence-electron chi connectivity index (χ4n) is 3.09. The number of hydrogen-bond acceptors (Lipinski definition) is 0. The van der Waals surface area contributed by atoms with E-state index in [0.29, 0.717) is 0 Å². The minimum Gasteiger partial charge on any atom is -0.0853 e. The van der Waals surface area contributed by atoms with Crippen molar-refractivity contribution in [1.82, 2.24) is 0 Å². The smallest absolute Gasteiger partial charge is 0.0853 e. The fraction of sp³-hybridized carbons (Fsp3) is 0.250. The van der Waals surface area contributed by atoms with Crippen molar-refractivity contribution in [2.24, 2.45) is 0 Å². The first-order valence-corrected chi connectivity index (χ1v) is 17.7. The maximum Gasteiger partial charge on any atom is 0.378 e. The van der Waals surface area contributed by atoms with Crippen molar-refractivity contribution in [3.63, 3.8) is 0 Å². The molecule has 0 unspecified atom stereocenters. The lowest BCUT2D eigenvalue weighted by Crippen LogP contribution is -2.62. The molecule has 0 aliphatic carbocycles. The molecule has 19 heavy (non-hydrogen) atoms. The van der Waals surface area contributed by atoms with Gasteiger partial charge in [0.15, 0.2) is 0 Å². The molecule has 3 heteroatoms. The quantitative estimate of drug-likeness (QED) is 0.761. The molecule has 2 aromatic rings. The van der Waals surface area contributed by atoms with Crippen molar-refractivity contribution < 1.29 is 0 Å². The second-order valence-corrected chi connectivity index (χ2v) is 30.6. The van der Waals surface area contributed by atoms with Crippen molar-refractivity contribution in [3.8, 4) is 0 Å². The van der Waals surface area contributed by atoms with Crippen LogP contribution >= 0.6 is 0 Å². The van der Waals surface area contributed by atoms with Gasteiger partial charge >= 0.3 is 18.8 Å². The molecule has 2 aromatic carbocycles. The molecule has 0 aromatic heterocycles. The molecule has 0 nitrogen and oxygen atoms in total. The summed E-state index contributed by atoms with van der Waals surface area (Å²) in [7, 11) is 0. The molecule has 0 radical (unpaired) electrons. The molecule has 0 fully saturated rings. The van der Waals surface area contributed by atoms with Gasteiger partial charge < -0.3 is 0 Å². The third kappa shape index (κ3) is 3.81. The first-order valence-electron chi connectivity index (χ1n) is 7.03. The Morgan fingerprint density at radius 2 is 0.895 bits per heavy atom. The average Bonchev–Trinajstić information content (AvgIpc) is 2.40. The number of rotatable bonds is 4. The summed E-state index contributed by atoms with van der Waals surface area (Å²) in [5, 5.41) is 3.30. The Bertz CT molecular complexity index is 471. The van der Waals surface area contributed by atoms with E-state index in [1.54, 1.807) is 10.4 Å². The fourth-order valence-corrected chi connectivity index (χ4v) is 40.7. The maximum absolute atomic E-state index is 2.58. The Labute approximate surface area is 127 Å². The minimum absolute atomic E-state index is 0.0516. The molecular weight excluding hydrogens is 273 g/mol. The average molecular weight is 295 g/mol. The standard InChI is InChI=1S/2C8H11Si.Mg/c2*1-9(2)8-6-4-3-5-7-8;/h2*3-7H,1-2H3;. The zero-order valence-electron chi connectivity index (χ0n) is 12.5. The van der Waals surface area contributed by atoms with Crippen LogP contribution in [0.3, 0.4) is 0 Å². The van der Waals surface area contributed by atoms with Crippen LogP contribution in [-0.4, -0.2) is 30.3 Å². The molecule has 2 rings (SSSR count). The summed E-state index contributed by atoms with van der Waals surface area (Å²) in [5.41, 5.74) is -2.39. The van der Waals surface area contributed by atoms with Crippen LogP contribution in [0.4, 0.5) is 0 Å². The normalized spacial score (nSPS) is 12.0. The maximum atomic E-state index is 2.58. The summed E-state index contributed by atoms with van der Waals surface area (Å²) in [6, 6.07) is 22.5. The summed E-state index contributed by atoms with van der Waals surface area (Å²) in [6.07, 6.45) is 0. The SMILES string of the molecule is C[Si](C)([Mg][Si](C)(C)c1ccccc1)c1ccccc1. The summed E-state index contributed by atoms with van der Waals surface area (Å²) in [4.78, 5) is 0. The van der Waals surface area contributed by atoms with E-state index in [9.17, 15) is 0 Å². The van der Waals surface area contributed by atoms with Gasteiger partial charge in [0.25, 0.3) is 0 Å². The van der Waals surface area contributed by atoms with E-state index in [4.69, 9.17) is 0 Å². The minimum atomic E-state index is -1.20. The van der Waals surface area contributed by atoms with Crippen LogP contribution < -0.4 is 10.4 Å². The monoisotopic (exact) mass is 294 g/mol. The Balaban J connectivity index is 2.25. The van der Waals surface area contributed by atoms with Crippen molar-refractivity contribution in [3.05, 3.63) is 60.7 Å². The van der Waals surface area contributed by atoms with E-state index in [1.807, 2.05) is 0 Å². The molecule has 96 valence electrons. The van der Waals surface area contributed by atoms with Crippen LogP contribution in [0.15, 0.2) is 60.7 Å². The second kappa shape index (κ2) is 5.95. The van der Waals surface area contributed by atoms with Gasteiger partial charge in [-0.25, -0.2) is 0 Å². The Kier molecular flexibility index (Phi) is 4.71. The lowest BCUT2D eigenvalue weighted by Gasteiger charge is -2.32. The van der Waals surface area contributed by atoms with Crippen molar-refractivity contribution in [2.75, 3.05) is 0 Å². The summed E-state index contributed by atoms with van der Waals surface area (Å²) < 4.78 is 0. The van der Waals surface area contributed by atoms with Gasteiger partial charge in [-0.2, -0.15) is 0 Å². The molecule has 0 aliphatic heterocycles. The molecule has 0 bridgehead atoms. The van der Waals surface area contributed by atoms with Gasteiger partial charge in [0.1, 0.15) is 0 Å². The van der Waals surface area contributed by atoms with Gasteiger partial charge in [0, 0.05) is 0 Å². The largest absolute Gasteiger partial charge is 0.378 e. The number of benzene rings is 2. The molecule has 0 spiro atoms. The predicted molar refractivity (Wildman–Crippen MR) is 92.9 cm³/mol. The summed E-state index contributed by atoms with van der Waals surface area (Å²) in [5.74, 6) is 0. The molecule has 0 saturated carbocycles. The molecular formula is C16H22MgSi2. The van der Waals surface area contributed by atoms with Gasteiger partial charge in [-0.3, -0.25) is 0 Å². The number of hydrogen-bond donors (Lipinski definition) is 0. The van der Waals surface area contributed by atoms with Crippen LogP contribution in [0.5, 0.6) is 0 Å². The molecule has 0 atom stereocenters. The third-order valence-corrected chi connectivity index (χ3v) is 33.2. The molecule has 0 saturated heterocycles. The van der Waals surface area contributed by atoms with Gasteiger partial charge in [0.2, 0.25) is 0 Å². The van der Waals surface area contributed by atoms with E-state index in [2.05, 4.69) is 86.9 Å². The lowest BCUT2D eigenvalue weighted by molar-refractivity contribution is 1.72. The van der Waals surface area contributed by atoms with Crippen LogP contribution in [-0.2, 0) is 0 Å². The van der Waals surface area contributed by atoms with Crippen LogP contribution in [0.25, 0.3) is 0 Å². The Morgan fingerprint density at radius 3 is 1.21 bits per heavy atom. The van der Waals surface area contributed by atoms with Crippen LogP contribution in [0, 0.1) is 0 Å². The highest BCUT2D eigenvalue weighted by atomic mass is 28.7. The predicted octanol–water partition coefficient (Wildman–Crippen LogP) is 2.92. The van der Waals surface area contributed by atoms with Crippen molar-refractivity contribution in [1.29, 1.82) is 0 Å². The highest BCUT2D eigenvalue weighted by molar-refractivity contribution is 7.58. The van der Waals surface area contributed by atoms with Gasteiger partial charge in [-0.15, -0.1) is 0 Å². The van der Waals surface area contributed by atoms with E-state index >= 15 is 0 Å². The van der Waals surface area contributed by atoms with Crippen LogP contribution in [0.1, 0.15) is 0 Å². The summed E-state index contributed by atoms with van der Waals surface area (Å²) in [6.45, 7) is 10.3. The summed E-state index contributed by atoms with van der Waals surface area (Å²) >= 11 is -0.0516. The van der Waals surface area contributed by atoms with E-state index in [0.717, 1.165) is 0 Å². The highest BCUT2D eigenvalue weighted by Gasteiger charge is 2.36. The van der Waals surface area contributed by atoms with E-state index < -0.39 is 11.4 Å². The zero-order valence-corrected chi connectivity index (χ0v) is 15.9. The van der Waals surface area contributed by atoms with Crippen molar-refractivity contribution >= 4 is 40.6 Å². The molecule has 0 aliphatic rings.